The van der Waals surface area contributed by atoms with Crippen LogP contribution in [0.3, 0.4) is 0 Å². The van der Waals surface area contributed by atoms with Crippen molar-refractivity contribution in [3.05, 3.63) is 35.2 Å². The average Bonchev–Trinajstić information content (AvgIpc) is 3.20. The van der Waals surface area contributed by atoms with Crippen LogP contribution in [0.5, 0.6) is 0 Å². The molecule has 1 amide bonds. The Morgan fingerprint density at radius 2 is 2.25 bits per heavy atom. The van der Waals surface area contributed by atoms with Crippen LogP contribution in [-0.4, -0.2) is 38.6 Å². The molecule has 0 radical (unpaired) electrons. The first kappa shape index (κ1) is 16.7. The summed E-state index contributed by atoms with van der Waals surface area (Å²) in [5, 5.41) is 3.98. The van der Waals surface area contributed by atoms with E-state index in [-0.39, 0.29) is 11.8 Å². The van der Waals surface area contributed by atoms with Gasteiger partial charge in [0.25, 0.3) is 0 Å². The summed E-state index contributed by atoms with van der Waals surface area (Å²) in [6.45, 7) is 9.40. The topological polar surface area (TPSA) is 64.2 Å². The van der Waals surface area contributed by atoms with Crippen LogP contribution in [0, 0.1) is 13.8 Å². The maximum absolute atomic E-state index is 13.0. The van der Waals surface area contributed by atoms with E-state index in [1.165, 1.54) is 0 Å². The van der Waals surface area contributed by atoms with Gasteiger partial charge in [0.1, 0.15) is 11.6 Å². The second kappa shape index (κ2) is 6.79. The monoisotopic (exact) mass is 330 g/mol. The molecule has 6 nitrogen and oxygen atoms in total. The number of carbonyl (C=O) groups excluding carboxylic acids is 1. The summed E-state index contributed by atoms with van der Waals surface area (Å²) in [5.74, 6) is 1.77. The molecule has 1 aliphatic rings. The molecule has 130 valence electrons. The third-order valence-corrected chi connectivity index (χ3v) is 5.06. The second-order valence-electron chi connectivity index (χ2n) is 6.64. The first-order valence-corrected chi connectivity index (χ1v) is 8.76. The molecule has 0 N–H and O–H groups in total. The molecule has 2 aromatic heterocycles. The summed E-state index contributed by atoms with van der Waals surface area (Å²) >= 11 is 0. The smallest absolute Gasteiger partial charge is 0.230 e. The number of rotatable bonds is 4. The van der Waals surface area contributed by atoms with Crippen molar-refractivity contribution in [2.24, 2.45) is 0 Å². The van der Waals surface area contributed by atoms with Crippen molar-refractivity contribution >= 4 is 5.91 Å². The molecule has 1 aliphatic heterocycles. The Morgan fingerprint density at radius 3 is 2.92 bits per heavy atom. The second-order valence-corrected chi connectivity index (χ2v) is 6.64. The highest BCUT2D eigenvalue weighted by Crippen LogP contribution is 2.29. The van der Waals surface area contributed by atoms with Crippen molar-refractivity contribution in [1.29, 1.82) is 0 Å². The molecule has 2 aromatic rings. The van der Waals surface area contributed by atoms with Crippen molar-refractivity contribution in [2.45, 2.75) is 58.9 Å². The molecule has 1 fully saturated rings. The lowest BCUT2D eigenvalue weighted by atomic mass is 9.96. The van der Waals surface area contributed by atoms with Gasteiger partial charge in [-0.15, -0.1) is 0 Å². The predicted octanol–water partition coefficient (Wildman–Crippen LogP) is 3.02. The lowest BCUT2D eigenvalue weighted by Gasteiger charge is -2.35. The molecule has 0 aliphatic carbocycles. The standard InChI is InChI=1S/C18H26N4O2/c1-5-16-19-8-10-22(16)15-7-6-9-21(11-15)18(23)12(2)17-13(3)20-24-14(17)4/h8,10,12,15H,5-7,9,11H2,1-4H3. The molecular weight excluding hydrogens is 304 g/mol. The summed E-state index contributed by atoms with van der Waals surface area (Å²) in [6, 6.07) is 0.317. The summed E-state index contributed by atoms with van der Waals surface area (Å²) in [7, 11) is 0. The quantitative estimate of drug-likeness (QED) is 0.864. The van der Waals surface area contributed by atoms with Gasteiger partial charge in [0.2, 0.25) is 5.91 Å². The van der Waals surface area contributed by atoms with E-state index in [9.17, 15) is 4.79 Å². The first-order valence-electron chi connectivity index (χ1n) is 8.76. The first-order chi connectivity index (χ1) is 11.5. The Hall–Kier alpha value is -2.11. The Bertz CT molecular complexity index is 699. The maximum Gasteiger partial charge on any atom is 0.230 e. The number of nitrogens with zero attached hydrogens (tertiary/aromatic N) is 4. The Labute approximate surface area is 142 Å². The SMILES string of the molecule is CCc1nccn1C1CCCN(C(=O)C(C)c2c(C)noc2C)C1. The van der Waals surface area contributed by atoms with E-state index in [1.54, 1.807) is 0 Å². The maximum atomic E-state index is 13.0. The minimum atomic E-state index is -0.219. The molecule has 3 rings (SSSR count). The van der Waals surface area contributed by atoms with Crippen LogP contribution in [0.2, 0.25) is 0 Å². The van der Waals surface area contributed by atoms with Crippen LogP contribution in [0.4, 0.5) is 0 Å². The molecule has 24 heavy (non-hydrogen) atoms. The summed E-state index contributed by atoms with van der Waals surface area (Å²) in [5.41, 5.74) is 1.74. The van der Waals surface area contributed by atoms with Gasteiger partial charge in [0.15, 0.2) is 0 Å². The molecule has 0 spiro atoms. The number of likely N-dealkylation sites (tertiary alicyclic amines) is 1. The van der Waals surface area contributed by atoms with E-state index in [4.69, 9.17) is 4.52 Å². The Morgan fingerprint density at radius 1 is 1.46 bits per heavy atom. The Kier molecular flexibility index (Phi) is 4.73. The normalized spacial score (nSPS) is 19.5. The molecule has 0 aromatic carbocycles. The zero-order valence-corrected chi connectivity index (χ0v) is 15.0. The lowest BCUT2D eigenvalue weighted by Crippen LogP contribution is -2.42. The van der Waals surface area contributed by atoms with Gasteiger partial charge in [0.05, 0.1) is 17.7 Å². The van der Waals surface area contributed by atoms with Gasteiger partial charge in [-0.2, -0.15) is 0 Å². The number of aryl methyl sites for hydroxylation is 3. The van der Waals surface area contributed by atoms with Gasteiger partial charge in [-0.25, -0.2) is 4.98 Å². The van der Waals surface area contributed by atoms with Crippen molar-refractivity contribution < 1.29 is 9.32 Å². The van der Waals surface area contributed by atoms with Crippen LogP contribution in [0.1, 0.15) is 61.5 Å². The number of imidazole rings is 1. The van der Waals surface area contributed by atoms with Crippen molar-refractivity contribution in [2.75, 3.05) is 13.1 Å². The molecule has 2 atom stereocenters. The van der Waals surface area contributed by atoms with Gasteiger partial charge in [-0.3, -0.25) is 4.79 Å². The zero-order chi connectivity index (χ0) is 17.3. The number of hydrogen-bond acceptors (Lipinski definition) is 4. The number of hydrogen-bond donors (Lipinski definition) is 0. The van der Waals surface area contributed by atoms with Gasteiger partial charge in [-0.1, -0.05) is 12.1 Å². The fourth-order valence-electron chi connectivity index (χ4n) is 3.84. The summed E-state index contributed by atoms with van der Waals surface area (Å²) in [4.78, 5) is 19.4. The molecule has 0 saturated carbocycles. The van der Waals surface area contributed by atoms with Gasteiger partial charge in [-0.05, 0) is 33.6 Å². The van der Waals surface area contributed by atoms with Crippen LogP contribution in [0.25, 0.3) is 0 Å². The highest BCUT2D eigenvalue weighted by molar-refractivity contribution is 5.84. The third-order valence-electron chi connectivity index (χ3n) is 5.06. The molecule has 0 bridgehead atoms. The zero-order valence-electron chi connectivity index (χ0n) is 15.0. The number of carbonyl (C=O) groups is 1. The van der Waals surface area contributed by atoms with Gasteiger partial charge >= 0.3 is 0 Å². The highest BCUT2D eigenvalue weighted by atomic mass is 16.5. The van der Waals surface area contributed by atoms with E-state index in [1.807, 2.05) is 38.1 Å². The van der Waals surface area contributed by atoms with Crippen molar-refractivity contribution in [3.8, 4) is 0 Å². The third kappa shape index (κ3) is 2.97. The van der Waals surface area contributed by atoms with Crippen molar-refractivity contribution in [1.82, 2.24) is 19.6 Å². The molecular formula is C18H26N4O2. The number of aromatic nitrogens is 3. The van der Waals surface area contributed by atoms with E-state index in [0.717, 1.165) is 55.2 Å². The van der Waals surface area contributed by atoms with Gasteiger partial charge < -0.3 is 14.0 Å². The molecule has 1 saturated heterocycles. The minimum absolute atomic E-state index is 0.160. The van der Waals surface area contributed by atoms with E-state index in [2.05, 4.69) is 21.6 Å². The van der Waals surface area contributed by atoms with Crippen LogP contribution in [-0.2, 0) is 11.2 Å². The summed E-state index contributed by atoms with van der Waals surface area (Å²) in [6.07, 6.45) is 6.91. The van der Waals surface area contributed by atoms with E-state index in [0.29, 0.717) is 6.04 Å². The fourth-order valence-corrected chi connectivity index (χ4v) is 3.84. The van der Waals surface area contributed by atoms with E-state index >= 15 is 0 Å². The van der Waals surface area contributed by atoms with Crippen LogP contribution in [0.15, 0.2) is 16.9 Å². The van der Waals surface area contributed by atoms with Crippen LogP contribution < -0.4 is 0 Å². The molecule has 6 heteroatoms. The number of amides is 1. The molecule has 2 unspecified atom stereocenters. The lowest BCUT2D eigenvalue weighted by molar-refractivity contribution is -0.134. The summed E-state index contributed by atoms with van der Waals surface area (Å²) < 4.78 is 7.47. The van der Waals surface area contributed by atoms with Gasteiger partial charge in [0, 0.05) is 37.5 Å². The average molecular weight is 330 g/mol. The number of piperidine rings is 1. The minimum Gasteiger partial charge on any atom is -0.361 e. The highest BCUT2D eigenvalue weighted by Gasteiger charge is 2.31. The van der Waals surface area contributed by atoms with Crippen molar-refractivity contribution in [3.63, 3.8) is 0 Å². The fraction of sp³-hybridized carbons (Fsp3) is 0.611. The Balaban J connectivity index is 1.76. The van der Waals surface area contributed by atoms with Crippen LogP contribution >= 0.6 is 0 Å². The molecule has 3 heterocycles. The predicted molar refractivity (Wildman–Crippen MR) is 90.8 cm³/mol. The largest absolute Gasteiger partial charge is 0.361 e. The van der Waals surface area contributed by atoms with E-state index < -0.39 is 0 Å².